The molecule has 1 saturated heterocycles. The van der Waals surface area contributed by atoms with E-state index >= 15 is 0 Å². The highest BCUT2D eigenvalue weighted by Gasteiger charge is 2.43. The molecule has 0 saturated carbocycles. The summed E-state index contributed by atoms with van der Waals surface area (Å²) in [5.41, 5.74) is 2.90. The first-order chi connectivity index (χ1) is 15.4. The van der Waals surface area contributed by atoms with E-state index < -0.39 is 0 Å². The van der Waals surface area contributed by atoms with Crippen molar-refractivity contribution in [3.8, 4) is 11.4 Å². The SMILES string of the molecule is Cc1ncoc1C(=O)N1[C@@H]2CC[C@H]1Cc1c(C(=O)NC(C)C)nc(-c3ccccc3)n1C2. The number of amides is 2. The fourth-order valence-electron chi connectivity index (χ4n) is 4.94. The van der Waals surface area contributed by atoms with Gasteiger partial charge in [0.15, 0.2) is 6.39 Å². The number of rotatable bonds is 4. The summed E-state index contributed by atoms with van der Waals surface area (Å²) in [6.07, 6.45) is 3.69. The van der Waals surface area contributed by atoms with Gasteiger partial charge in [0.2, 0.25) is 5.76 Å². The molecule has 0 aliphatic carbocycles. The lowest BCUT2D eigenvalue weighted by molar-refractivity contribution is 0.0632. The van der Waals surface area contributed by atoms with Crippen LogP contribution in [0.15, 0.2) is 41.1 Å². The molecular weight excluding hydrogens is 406 g/mol. The number of carbonyl (C=O) groups excluding carboxylic acids is 2. The first kappa shape index (κ1) is 20.5. The van der Waals surface area contributed by atoms with Gasteiger partial charge in [-0.3, -0.25) is 9.59 Å². The topological polar surface area (TPSA) is 93.3 Å². The van der Waals surface area contributed by atoms with Gasteiger partial charge in [-0.05, 0) is 33.6 Å². The summed E-state index contributed by atoms with van der Waals surface area (Å²) in [6, 6.07) is 9.92. The van der Waals surface area contributed by atoms with Crippen molar-refractivity contribution in [2.45, 2.75) is 64.7 Å². The van der Waals surface area contributed by atoms with Crippen LogP contribution in [0.4, 0.5) is 0 Å². The Kier molecular flexibility index (Phi) is 5.07. The minimum atomic E-state index is -0.173. The largest absolute Gasteiger partial charge is 0.438 e. The zero-order chi connectivity index (χ0) is 22.4. The van der Waals surface area contributed by atoms with Gasteiger partial charge < -0.3 is 19.2 Å². The third kappa shape index (κ3) is 3.39. The van der Waals surface area contributed by atoms with Crippen molar-refractivity contribution in [1.29, 1.82) is 0 Å². The van der Waals surface area contributed by atoms with Gasteiger partial charge in [0.05, 0.1) is 17.4 Å². The Bertz CT molecular complexity index is 1160. The van der Waals surface area contributed by atoms with E-state index in [2.05, 4.69) is 14.9 Å². The maximum absolute atomic E-state index is 13.4. The van der Waals surface area contributed by atoms with Crippen LogP contribution >= 0.6 is 0 Å². The zero-order valence-corrected chi connectivity index (χ0v) is 18.5. The van der Waals surface area contributed by atoms with Crippen molar-refractivity contribution < 1.29 is 14.0 Å². The van der Waals surface area contributed by atoms with Crippen molar-refractivity contribution in [1.82, 2.24) is 24.8 Å². The minimum Gasteiger partial charge on any atom is -0.438 e. The standard InChI is InChI=1S/C24H27N5O3/c1-14(2)26-23(30)20-19-11-17-9-10-18(29(17)24(31)21-15(3)25-13-32-21)12-28(19)22(27-20)16-7-5-4-6-8-16/h4-8,13-14,17-18H,9-12H2,1-3H3,(H,26,30)/t17-,18+/m0/s1. The number of oxazole rings is 1. The molecule has 8 nitrogen and oxygen atoms in total. The third-order valence-electron chi connectivity index (χ3n) is 6.36. The van der Waals surface area contributed by atoms with Crippen molar-refractivity contribution in [3.05, 3.63) is 59.6 Å². The predicted octanol–water partition coefficient (Wildman–Crippen LogP) is 3.21. The molecule has 2 aliphatic heterocycles. The van der Waals surface area contributed by atoms with Crippen molar-refractivity contribution in [3.63, 3.8) is 0 Å². The summed E-state index contributed by atoms with van der Waals surface area (Å²) in [5, 5.41) is 2.98. The Balaban J connectivity index is 1.58. The molecule has 3 aromatic rings. The maximum atomic E-state index is 13.4. The number of aryl methyl sites for hydroxylation is 1. The normalized spacial score (nSPS) is 19.7. The number of hydrogen-bond donors (Lipinski definition) is 1. The summed E-state index contributed by atoms with van der Waals surface area (Å²) in [7, 11) is 0. The van der Waals surface area contributed by atoms with Gasteiger partial charge in [0, 0.05) is 30.6 Å². The number of carbonyl (C=O) groups is 2. The molecule has 0 radical (unpaired) electrons. The molecule has 0 unspecified atom stereocenters. The van der Waals surface area contributed by atoms with Gasteiger partial charge in [-0.15, -0.1) is 0 Å². The number of benzene rings is 1. The first-order valence-electron chi connectivity index (χ1n) is 11.1. The number of hydrogen-bond acceptors (Lipinski definition) is 5. The quantitative estimate of drug-likeness (QED) is 0.682. The third-order valence-corrected chi connectivity index (χ3v) is 6.36. The van der Waals surface area contributed by atoms with E-state index in [4.69, 9.17) is 9.40 Å². The average molecular weight is 434 g/mol. The highest BCUT2D eigenvalue weighted by molar-refractivity contribution is 5.95. The molecule has 8 heteroatoms. The lowest BCUT2D eigenvalue weighted by Crippen LogP contribution is -2.42. The lowest BCUT2D eigenvalue weighted by atomic mass is 10.0. The van der Waals surface area contributed by atoms with E-state index in [0.717, 1.165) is 29.9 Å². The first-order valence-corrected chi connectivity index (χ1v) is 11.1. The van der Waals surface area contributed by atoms with Gasteiger partial charge in [-0.2, -0.15) is 0 Å². The van der Waals surface area contributed by atoms with Crippen LogP contribution in [0.2, 0.25) is 0 Å². The fourth-order valence-corrected chi connectivity index (χ4v) is 4.94. The van der Waals surface area contributed by atoms with Crippen LogP contribution < -0.4 is 5.32 Å². The fraction of sp³-hybridized carbons (Fsp3) is 0.417. The number of aromatic nitrogens is 3. The van der Waals surface area contributed by atoms with E-state index in [1.165, 1.54) is 6.39 Å². The van der Waals surface area contributed by atoms with E-state index in [-0.39, 0.29) is 29.9 Å². The average Bonchev–Trinajstić information content (AvgIpc) is 3.42. The van der Waals surface area contributed by atoms with Gasteiger partial charge in [-0.1, -0.05) is 30.3 Å². The molecule has 2 bridgehead atoms. The van der Waals surface area contributed by atoms with Crippen LogP contribution in [0.3, 0.4) is 0 Å². The monoisotopic (exact) mass is 433 g/mol. The molecule has 1 aromatic carbocycles. The van der Waals surface area contributed by atoms with Gasteiger partial charge in [-0.25, -0.2) is 9.97 Å². The van der Waals surface area contributed by atoms with Gasteiger partial charge in [0.25, 0.3) is 11.8 Å². The van der Waals surface area contributed by atoms with Gasteiger partial charge in [0.1, 0.15) is 11.5 Å². The molecule has 2 aromatic heterocycles. The smallest absolute Gasteiger partial charge is 0.292 e. The Labute approximate surface area is 186 Å². The molecule has 0 spiro atoms. The zero-order valence-electron chi connectivity index (χ0n) is 18.5. The summed E-state index contributed by atoms with van der Waals surface area (Å²) in [6.45, 7) is 6.25. The maximum Gasteiger partial charge on any atom is 0.292 e. The molecule has 166 valence electrons. The van der Waals surface area contributed by atoms with Crippen molar-refractivity contribution in [2.75, 3.05) is 0 Å². The van der Waals surface area contributed by atoms with Crippen molar-refractivity contribution >= 4 is 11.8 Å². The molecule has 2 aliphatic rings. The van der Waals surface area contributed by atoms with Crippen LogP contribution in [0, 0.1) is 6.92 Å². The Hall–Kier alpha value is -3.42. The van der Waals surface area contributed by atoms with Crippen molar-refractivity contribution in [2.24, 2.45) is 0 Å². The molecule has 2 atom stereocenters. The van der Waals surface area contributed by atoms with E-state index in [0.29, 0.717) is 30.1 Å². The molecule has 32 heavy (non-hydrogen) atoms. The Morgan fingerprint density at radius 1 is 1.16 bits per heavy atom. The number of fused-ring (bicyclic) bond motifs is 3. The summed E-state index contributed by atoms with van der Waals surface area (Å²) >= 11 is 0. The second kappa shape index (κ2) is 7.93. The van der Waals surface area contributed by atoms with Crippen LogP contribution in [0.5, 0.6) is 0 Å². The van der Waals surface area contributed by atoms with Crippen LogP contribution in [-0.2, 0) is 13.0 Å². The summed E-state index contributed by atoms with van der Waals surface area (Å²) in [5.74, 6) is 0.770. The molecule has 1 N–H and O–H groups in total. The van der Waals surface area contributed by atoms with E-state index in [9.17, 15) is 9.59 Å². The Morgan fingerprint density at radius 3 is 2.59 bits per heavy atom. The lowest BCUT2D eigenvalue weighted by Gasteiger charge is -2.27. The van der Waals surface area contributed by atoms with Gasteiger partial charge >= 0.3 is 0 Å². The molecule has 5 rings (SSSR count). The second-order valence-corrected chi connectivity index (χ2v) is 8.90. The van der Waals surface area contributed by atoms with Crippen LogP contribution in [-0.4, -0.2) is 49.4 Å². The highest BCUT2D eigenvalue weighted by atomic mass is 16.3. The van der Waals surface area contributed by atoms with Crippen LogP contribution in [0.25, 0.3) is 11.4 Å². The highest BCUT2D eigenvalue weighted by Crippen LogP contribution is 2.36. The molecular formula is C24H27N5O3. The van der Waals surface area contributed by atoms with E-state index in [1.807, 2.05) is 49.1 Å². The number of nitrogens with zero attached hydrogens (tertiary/aromatic N) is 4. The number of imidazole rings is 1. The molecule has 4 heterocycles. The molecule has 1 fully saturated rings. The predicted molar refractivity (Wildman–Crippen MR) is 118 cm³/mol. The second-order valence-electron chi connectivity index (χ2n) is 8.90. The van der Waals surface area contributed by atoms with Crippen LogP contribution in [0.1, 0.15) is 59.1 Å². The minimum absolute atomic E-state index is 0.00904. The molecule has 2 amide bonds. The Morgan fingerprint density at radius 2 is 1.91 bits per heavy atom. The summed E-state index contributed by atoms with van der Waals surface area (Å²) < 4.78 is 7.56. The van der Waals surface area contributed by atoms with E-state index in [1.54, 1.807) is 6.92 Å². The summed E-state index contributed by atoms with van der Waals surface area (Å²) in [4.78, 5) is 37.3. The number of nitrogens with one attached hydrogen (secondary N) is 1.